The van der Waals surface area contributed by atoms with Gasteiger partial charge in [-0.3, -0.25) is 9.48 Å². The lowest BCUT2D eigenvalue weighted by molar-refractivity contribution is -0.116. The highest BCUT2D eigenvalue weighted by molar-refractivity contribution is 9.10. The van der Waals surface area contributed by atoms with E-state index < -0.39 is 5.97 Å². The molecule has 0 aliphatic heterocycles. The highest BCUT2D eigenvalue weighted by Crippen LogP contribution is 2.21. The fourth-order valence-corrected chi connectivity index (χ4v) is 2.32. The molecule has 0 saturated heterocycles. The van der Waals surface area contributed by atoms with Gasteiger partial charge in [0.25, 0.3) is 0 Å². The van der Waals surface area contributed by atoms with Crippen molar-refractivity contribution < 1.29 is 14.7 Å². The van der Waals surface area contributed by atoms with Crippen molar-refractivity contribution in [2.24, 2.45) is 0 Å². The Morgan fingerprint density at radius 3 is 2.62 bits per heavy atom. The monoisotopic (exact) mass is 351 g/mol. The van der Waals surface area contributed by atoms with Gasteiger partial charge in [-0.2, -0.15) is 5.10 Å². The standard InChI is InChI=1S/C14H14BrN3O3/c1-8-5-9(2)18(17-8)7-13(19)16-12-4-3-10(15)6-11(12)14(20)21/h3-6H,7H2,1-2H3,(H,16,19)(H,20,21). The number of carbonyl (C=O) groups is 2. The predicted molar refractivity (Wildman–Crippen MR) is 81.4 cm³/mol. The molecule has 0 unspecified atom stereocenters. The lowest BCUT2D eigenvalue weighted by Gasteiger charge is -2.09. The largest absolute Gasteiger partial charge is 0.478 e. The third-order valence-corrected chi connectivity index (χ3v) is 3.38. The summed E-state index contributed by atoms with van der Waals surface area (Å²) in [6.45, 7) is 3.74. The van der Waals surface area contributed by atoms with Crippen LogP contribution in [0, 0.1) is 13.8 Å². The Bertz CT molecular complexity index is 709. The van der Waals surface area contributed by atoms with Crippen LogP contribution >= 0.6 is 15.9 Å². The van der Waals surface area contributed by atoms with Crippen molar-refractivity contribution in [2.75, 3.05) is 5.32 Å². The molecular weight excluding hydrogens is 338 g/mol. The minimum absolute atomic E-state index is 0.0334. The van der Waals surface area contributed by atoms with E-state index in [1.54, 1.807) is 16.8 Å². The average molecular weight is 352 g/mol. The number of carboxylic acid groups (broad SMARTS) is 1. The van der Waals surface area contributed by atoms with Crippen molar-refractivity contribution in [1.29, 1.82) is 0 Å². The van der Waals surface area contributed by atoms with Crippen molar-refractivity contribution in [2.45, 2.75) is 20.4 Å². The molecule has 1 amide bonds. The number of aryl methyl sites for hydroxylation is 2. The Labute approximate surface area is 129 Å². The first-order valence-corrected chi connectivity index (χ1v) is 7.00. The molecule has 0 bridgehead atoms. The summed E-state index contributed by atoms with van der Waals surface area (Å²) in [7, 11) is 0. The fourth-order valence-electron chi connectivity index (χ4n) is 1.96. The summed E-state index contributed by atoms with van der Waals surface area (Å²) < 4.78 is 2.21. The van der Waals surface area contributed by atoms with E-state index in [0.717, 1.165) is 11.4 Å². The van der Waals surface area contributed by atoms with Gasteiger partial charge in [0.15, 0.2) is 0 Å². The van der Waals surface area contributed by atoms with Crippen LogP contribution < -0.4 is 5.32 Å². The molecule has 110 valence electrons. The number of nitrogens with one attached hydrogen (secondary N) is 1. The number of aromatic nitrogens is 2. The van der Waals surface area contributed by atoms with Gasteiger partial charge in [0.1, 0.15) is 6.54 Å². The van der Waals surface area contributed by atoms with E-state index in [0.29, 0.717) is 4.47 Å². The SMILES string of the molecule is Cc1cc(C)n(CC(=O)Nc2ccc(Br)cc2C(=O)O)n1. The summed E-state index contributed by atoms with van der Waals surface area (Å²) in [5.41, 5.74) is 2.00. The zero-order chi connectivity index (χ0) is 15.6. The van der Waals surface area contributed by atoms with Crippen LogP contribution in [0.25, 0.3) is 0 Å². The number of aromatic carboxylic acids is 1. The number of carbonyl (C=O) groups excluding carboxylic acids is 1. The van der Waals surface area contributed by atoms with E-state index >= 15 is 0 Å². The topological polar surface area (TPSA) is 84.2 Å². The molecule has 0 atom stereocenters. The second-order valence-corrected chi connectivity index (χ2v) is 5.54. The van der Waals surface area contributed by atoms with E-state index in [1.165, 1.54) is 6.07 Å². The molecule has 7 heteroatoms. The van der Waals surface area contributed by atoms with Crippen LogP contribution in [0.3, 0.4) is 0 Å². The number of nitrogens with zero attached hydrogens (tertiary/aromatic N) is 2. The maximum absolute atomic E-state index is 12.0. The Morgan fingerprint density at radius 1 is 1.33 bits per heavy atom. The van der Waals surface area contributed by atoms with Crippen LogP contribution in [0.5, 0.6) is 0 Å². The predicted octanol–water partition coefficient (Wildman–Crippen LogP) is 2.60. The van der Waals surface area contributed by atoms with Gasteiger partial charge in [-0.15, -0.1) is 0 Å². The van der Waals surface area contributed by atoms with Gasteiger partial charge in [0.2, 0.25) is 5.91 Å². The van der Waals surface area contributed by atoms with Gasteiger partial charge in [0, 0.05) is 10.2 Å². The first-order valence-electron chi connectivity index (χ1n) is 6.20. The summed E-state index contributed by atoms with van der Waals surface area (Å²) >= 11 is 3.21. The van der Waals surface area contributed by atoms with Crippen molar-refractivity contribution in [3.8, 4) is 0 Å². The minimum atomic E-state index is -1.10. The van der Waals surface area contributed by atoms with Gasteiger partial charge in [0.05, 0.1) is 16.9 Å². The molecule has 1 aromatic carbocycles. The van der Waals surface area contributed by atoms with Gasteiger partial charge in [-0.05, 0) is 38.1 Å². The smallest absolute Gasteiger partial charge is 0.337 e. The van der Waals surface area contributed by atoms with Crippen LogP contribution in [-0.4, -0.2) is 26.8 Å². The Balaban J connectivity index is 2.16. The van der Waals surface area contributed by atoms with Crippen LogP contribution in [0.15, 0.2) is 28.7 Å². The number of rotatable bonds is 4. The molecule has 0 aliphatic rings. The third-order valence-electron chi connectivity index (χ3n) is 2.88. The molecular formula is C14H14BrN3O3. The molecule has 0 fully saturated rings. The molecule has 0 radical (unpaired) electrons. The number of amides is 1. The van der Waals surface area contributed by atoms with Crippen molar-refractivity contribution in [1.82, 2.24) is 9.78 Å². The normalized spacial score (nSPS) is 10.4. The average Bonchev–Trinajstić information content (AvgIpc) is 2.69. The summed E-state index contributed by atoms with van der Waals surface area (Å²) in [6, 6.07) is 6.54. The molecule has 6 nitrogen and oxygen atoms in total. The van der Waals surface area contributed by atoms with Crippen LogP contribution in [0.4, 0.5) is 5.69 Å². The maximum atomic E-state index is 12.0. The number of carboxylic acids is 1. The summed E-state index contributed by atoms with van der Waals surface area (Å²) in [5.74, 6) is -1.43. The minimum Gasteiger partial charge on any atom is -0.478 e. The Kier molecular flexibility index (Phi) is 4.42. The van der Waals surface area contributed by atoms with Crippen LogP contribution in [0.1, 0.15) is 21.7 Å². The van der Waals surface area contributed by atoms with E-state index in [2.05, 4.69) is 26.3 Å². The molecule has 2 aromatic rings. The summed E-state index contributed by atoms with van der Waals surface area (Å²) in [4.78, 5) is 23.2. The molecule has 0 spiro atoms. The molecule has 21 heavy (non-hydrogen) atoms. The lowest BCUT2D eigenvalue weighted by Crippen LogP contribution is -2.21. The van der Waals surface area contributed by atoms with E-state index in [-0.39, 0.29) is 23.7 Å². The lowest BCUT2D eigenvalue weighted by atomic mass is 10.2. The van der Waals surface area contributed by atoms with Gasteiger partial charge < -0.3 is 10.4 Å². The van der Waals surface area contributed by atoms with Gasteiger partial charge in [-0.25, -0.2) is 4.79 Å². The number of hydrogen-bond acceptors (Lipinski definition) is 3. The number of anilines is 1. The first kappa shape index (κ1) is 15.2. The first-order chi connectivity index (χ1) is 9.86. The Morgan fingerprint density at radius 2 is 2.05 bits per heavy atom. The zero-order valence-electron chi connectivity index (χ0n) is 11.6. The second kappa shape index (κ2) is 6.09. The molecule has 2 rings (SSSR count). The van der Waals surface area contributed by atoms with Gasteiger partial charge >= 0.3 is 5.97 Å². The van der Waals surface area contributed by atoms with E-state index in [4.69, 9.17) is 5.11 Å². The quantitative estimate of drug-likeness (QED) is 0.886. The maximum Gasteiger partial charge on any atom is 0.337 e. The molecule has 0 aliphatic carbocycles. The van der Waals surface area contributed by atoms with E-state index in [1.807, 2.05) is 19.9 Å². The highest BCUT2D eigenvalue weighted by Gasteiger charge is 2.14. The van der Waals surface area contributed by atoms with Crippen molar-refractivity contribution >= 4 is 33.5 Å². The van der Waals surface area contributed by atoms with E-state index in [9.17, 15) is 9.59 Å². The van der Waals surface area contributed by atoms with Crippen LogP contribution in [0.2, 0.25) is 0 Å². The molecule has 1 heterocycles. The van der Waals surface area contributed by atoms with Crippen molar-refractivity contribution in [3.05, 3.63) is 45.7 Å². The number of benzene rings is 1. The number of hydrogen-bond donors (Lipinski definition) is 2. The number of halogens is 1. The third kappa shape index (κ3) is 3.69. The molecule has 2 N–H and O–H groups in total. The Hall–Kier alpha value is -2.15. The summed E-state index contributed by atoms with van der Waals surface area (Å²) in [6.07, 6.45) is 0. The van der Waals surface area contributed by atoms with Crippen LogP contribution in [-0.2, 0) is 11.3 Å². The molecule has 0 saturated carbocycles. The van der Waals surface area contributed by atoms with Gasteiger partial charge in [-0.1, -0.05) is 15.9 Å². The molecule has 1 aromatic heterocycles. The highest BCUT2D eigenvalue weighted by atomic mass is 79.9. The fraction of sp³-hybridized carbons (Fsp3) is 0.214. The van der Waals surface area contributed by atoms with Crippen molar-refractivity contribution in [3.63, 3.8) is 0 Å². The zero-order valence-corrected chi connectivity index (χ0v) is 13.1. The second-order valence-electron chi connectivity index (χ2n) is 4.63. The summed E-state index contributed by atoms with van der Waals surface area (Å²) in [5, 5.41) is 15.9.